The molecule has 2 atom stereocenters. The summed E-state index contributed by atoms with van der Waals surface area (Å²) in [5.41, 5.74) is 0. The van der Waals surface area contributed by atoms with Gasteiger partial charge in [-0.15, -0.1) is 0 Å². The zero-order valence-electron chi connectivity index (χ0n) is 45.9. The molecule has 2 unspecified atom stereocenters. The van der Waals surface area contributed by atoms with Crippen molar-refractivity contribution < 1.29 is 24.5 Å². The second-order valence-electron chi connectivity index (χ2n) is 21.1. The number of nitrogens with one attached hydrogen (secondary N) is 1. The molecule has 0 rings (SSSR count). The van der Waals surface area contributed by atoms with Crippen LogP contribution in [-0.4, -0.2) is 47.4 Å². The summed E-state index contributed by atoms with van der Waals surface area (Å²) in [6, 6.07) is -0.558. The molecule has 0 saturated carbocycles. The van der Waals surface area contributed by atoms with Crippen molar-refractivity contribution in [1.29, 1.82) is 0 Å². The van der Waals surface area contributed by atoms with Crippen molar-refractivity contribution in [2.75, 3.05) is 13.2 Å². The number of hydrogen-bond acceptors (Lipinski definition) is 5. The highest BCUT2D eigenvalue weighted by Crippen LogP contribution is 2.18. The van der Waals surface area contributed by atoms with Crippen LogP contribution in [0.3, 0.4) is 0 Å². The fourth-order valence-electron chi connectivity index (χ4n) is 9.57. The standard InChI is InChI=1S/C62H119NO5/c1-3-5-7-9-11-13-15-17-19-21-22-24-26-30-34-38-42-46-50-54-60(65)59(58-64)63-61(66)55-51-47-43-39-35-31-27-25-29-33-37-41-45-49-53-57-68-62(67)56-52-48-44-40-36-32-28-23-20-18-16-14-12-10-8-6-4-2/h25,29,33,37,59-60,64-65H,3-24,26-28,30-32,34-36,38-58H2,1-2H3,(H,63,66)/b29-25-,37-33-. The van der Waals surface area contributed by atoms with Gasteiger partial charge in [0.05, 0.1) is 25.4 Å². The molecule has 0 aromatic carbocycles. The second-order valence-corrected chi connectivity index (χ2v) is 21.1. The first-order valence-electron chi connectivity index (χ1n) is 30.6. The Hall–Kier alpha value is -1.66. The molecule has 68 heavy (non-hydrogen) atoms. The molecule has 0 radical (unpaired) electrons. The normalized spacial score (nSPS) is 12.7. The number of hydrogen-bond donors (Lipinski definition) is 3. The van der Waals surface area contributed by atoms with Gasteiger partial charge in [-0.1, -0.05) is 289 Å². The van der Waals surface area contributed by atoms with E-state index in [-0.39, 0.29) is 18.5 Å². The topological polar surface area (TPSA) is 95.9 Å². The summed E-state index contributed by atoms with van der Waals surface area (Å²) in [5.74, 6) is -0.0715. The molecule has 0 fully saturated rings. The lowest BCUT2D eigenvalue weighted by molar-refractivity contribution is -0.143. The number of carbonyl (C=O) groups is 2. The number of esters is 1. The molecule has 0 spiro atoms. The molecular formula is C62H119NO5. The maximum Gasteiger partial charge on any atom is 0.305 e. The zero-order valence-corrected chi connectivity index (χ0v) is 45.9. The third kappa shape index (κ3) is 53.7. The molecule has 6 nitrogen and oxygen atoms in total. The van der Waals surface area contributed by atoms with Crippen molar-refractivity contribution in [3.63, 3.8) is 0 Å². The average molecular weight is 959 g/mol. The Bertz CT molecular complexity index is 1060. The lowest BCUT2D eigenvalue weighted by Gasteiger charge is -2.22. The Morgan fingerprint density at radius 3 is 1.09 bits per heavy atom. The van der Waals surface area contributed by atoms with E-state index in [1.165, 1.54) is 225 Å². The number of amides is 1. The highest BCUT2D eigenvalue weighted by molar-refractivity contribution is 5.76. The summed E-state index contributed by atoms with van der Waals surface area (Å²) < 4.78 is 5.46. The number of unbranched alkanes of at least 4 members (excludes halogenated alkanes) is 43. The van der Waals surface area contributed by atoms with Crippen molar-refractivity contribution in [2.24, 2.45) is 0 Å². The number of allylic oxidation sites excluding steroid dienone is 4. The zero-order chi connectivity index (χ0) is 49.3. The van der Waals surface area contributed by atoms with Crippen LogP contribution in [0.4, 0.5) is 0 Å². The van der Waals surface area contributed by atoms with E-state index in [1.54, 1.807) is 0 Å². The smallest absolute Gasteiger partial charge is 0.305 e. The quantitative estimate of drug-likeness (QED) is 0.0321. The minimum absolute atomic E-state index is 0.0170. The van der Waals surface area contributed by atoms with E-state index in [0.717, 1.165) is 77.0 Å². The van der Waals surface area contributed by atoms with Gasteiger partial charge in [0, 0.05) is 12.8 Å². The molecular weight excluding hydrogens is 839 g/mol. The van der Waals surface area contributed by atoms with Crippen molar-refractivity contribution in [2.45, 2.75) is 347 Å². The Labute approximate surface area is 424 Å². The predicted molar refractivity (Wildman–Crippen MR) is 296 cm³/mol. The van der Waals surface area contributed by atoms with E-state index in [2.05, 4.69) is 43.5 Å². The number of aliphatic hydroxyl groups excluding tert-OH is 2. The van der Waals surface area contributed by atoms with E-state index >= 15 is 0 Å². The Balaban J connectivity index is 3.49. The van der Waals surface area contributed by atoms with Crippen LogP contribution in [0.5, 0.6) is 0 Å². The van der Waals surface area contributed by atoms with Crippen LogP contribution in [-0.2, 0) is 14.3 Å². The van der Waals surface area contributed by atoms with Gasteiger partial charge < -0.3 is 20.3 Å². The Morgan fingerprint density at radius 2 is 0.721 bits per heavy atom. The monoisotopic (exact) mass is 958 g/mol. The van der Waals surface area contributed by atoms with Gasteiger partial charge in [-0.2, -0.15) is 0 Å². The van der Waals surface area contributed by atoms with Crippen LogP contribution >= 0.6 is 0 Å². The third-order valence-electron chi connectivity index (χ3n) is 14.3. The SMILES string of the molecule is CCCCCCCCCCCCCCCCCCCCCC(O)C(CO)NC(=O)CCCCCCCC/C=C\C=C/CCCCCOC(=O)CCCCCCCCCCCCCCCCCCC. The lowest BCUT2D eigenvalue weighted by Crippen LogP contribution is -2.45. The fourth-order valence-corrected chi connectivity index (χ4v) is 9.57. The molecule has 0 aliphatic rings. The number of aliphatic hydroxyl groups is 2. The van der Waals surface area contributed by atoms with Gasteiger partial charge in [-0.25, -0.2) is 0 Å². The summed E-state index contributed by atoms with van der Waals surface area (Å²) >= 11 is 0. The van der Waals surface area contributed by atoms with Gasteiger partial charge in [0.2, 0.25) is 5.91 Å². The maximum absolute atomic E-state index is 12.5. The minimum Gasteiger partial charge on any atom is -0.466 e. The van der Waals surface area contributed by atoms with E-state index in [9.17, 15) is 19.8 Å². The first-order chi connectivity index (χ1) is 33.5. The molecule has 0 aliphatic heterocycles. The maximum atomic E-state index is 12.5. The van der Waals surface area contributed by atoms with Gasteiger partial charge in [-0.05, 0) is 57.8 Å². The molecule has 0 aromatic heterocycles. The molecule has 402 valence electrons. The van der Waals surface area contributed by atoms with Crippen LogP contribution in [0.15, 0.2) is 24.3 Å². The Kier molecular flexibility index (Phi) is 56.5. The van der Waals surface area contributed by atoms with Crippen molar-refractivity contribution >= 4 is 11.9 Å². The fraction of sp³-hybridized carbons (Fsp3) is 0.903. The first-order valence-corrected chi connectivity index (χ1v) is 30.6. The van der Waals surface area contributed by atoms with Crippen LogP contribution in [0.25, 0.3) is 0 Å². The molecule has 0 heterocycles. The first kappa shape index (κ1) is 66.3. The van der Waals surface area contributed by atoms with Gasteiger partial charge in [0.15, 0.2) is 0 Å². The summed E-state index contributed by atoms with van der Waals surface area (Å²) in [6.45, 7) is 4.92. The summed E-state index contributed by atoms with van der Waals surface area (Å²) in [5, 5.41) is 23.3. The summed E-state index contributed by atoms with van der Waals surface area (Å²) in [4.78, 5) is 24.6. The van der Waals surface area contributed by atoms with Crippen LogP contribution in [0.2, 0.25) is 0 Å². The van der Waals surface area contributed by atoms with Crippen molar-refractivity contribution in [1.82, 2.24) is 5.32 Å². The Morgan fingerprint density at radius 1 is 0.412 bits per heavy atom. The van der Waals surface area contributed by atoms with Crippen molar-refractivity contribution in [3.05, 3.63) is 24.3 Å². The largest absolute Gasteiger partial charge is 0.466 e. The van der Waals surface area contributed by atoms with E-state index in [0.29, 0.717) is 25.9 Å². The molecule has 3 N–H and O–H groups in total. The van der Waals surface area contributed by atoms with Crippen molar-refractivity contribution in [3.8, 4) is 0 Å². The highest BCUT2D eigenvalue weighted by atomic mass is 16.5. The number of carbonyl (C=O) groups excluding carboxylic acids is 2. The van der Waals surface area contributed by atoms with Crippen LogP contribution in [0, 0.1) is 0 Å². The molecule has 1 amide bonds. The van der Waals surface area contributed by atoms with Gasteiger partial charge >= 0.3 is 5.97 Å². The van der Waals surface area contributed by atoms with Crippen LogP contribution in [0.1, 0.15) is 335 Å². The summed E-state index contributed by atoms with van der Waals surface area (Å²) in [7, 11) is 0. The second kappa shape index (κ2) is 57.9. The molecule has 0 aliphatic carbocycles. The van der Waals surface area contributed by atoms with Gasteiger partial charge in [0.1, 0.15) is 0 Å². The number of ether oxygens (including phenoxy) is 1. The van der Waals surface area contributed by atoms with Crippen LogP contribution < -0.4 is 5.32 Å². The minimum atomic E-state index is -0.679. The average Bonchev–Trinajstić information content (AvgIpc) is 3.34. The number of rotatable bonds is 57. The van der Waals surface area contributed by atoms with E-state index in [4.69, 9.17) is 4.74 Å². The van der Waals surface area contributed by atoms with E-state index in [1.807, 2.05) is 0 Å². The molecule has 6 heteroatoms. The lowest BCUT2D eigenvalue weighted by atomic mass is 10.0. The predicted octanol–water partition coefficient (Wildman–Crippen LogP) is 19.0. The molecule has 0 bridgehead atoms. The van der Waals surface area contributed by atoms with Gasteiger partial charge in [-0.3, -0.25) is 9.59 Å². The molecule has 0 saturated heterocycles. The summed E-state index contributed by atoms with van der Waals surface area (Å²) in [6.07, 6.45) is 70.4. The highest BCUT2D eigenvalue weighted by Gasteiger charge is 2.20. The van der Waals surface area contributed by atoms with E-state index < -0.39 is 12.1 Å². The third-order valence-corrected chi connectivity index (χ3v) is 14.3. The molecule has 0 aromatic rings. The van der Waals surface area contributed by atoms with Gasteiger partial charge in [0.25, 0.3) is 0 Å².